The average Bonchev–Trinajstić information content (AvgIpc) is 3.35. The van der Waals surface area contributed by atoms with Gasteiger partial charge in [-0.15, -0.1) is 0 Å². The molecule has 7 heteroatoms. The Kier molecular flexibility index (Phi) is 5.27. The average molecular weight is 445 g/mol. The number of fused-ring (bicyclic) bond motifs is 5. The number of likely N-dealkylation sites (tertiary alicyclic amines) is 1. The van der Waals surface area contributed by atoms with E-state index >= 15 is 0 Å². The number of nitrogens with zero attached hydrogens (tertiary/aromatic N) is 2. The lowest BCUT2D eigenvalue weighted by atomic mass is 9.85. The standard InChI is InChI=1S/C21H25BrN4O2/c1-12-9-16(22)6-5-15(12)11-25-21(23-2)24-7-8-26-19(27)17-13-3-4-14(10-13)18(17)20(26)28/h3-6,9,13-14,17-18H,7-8,10-11H2,1-2H3,(H2,23,24,25). The van der Waals surface area contributed by atoms with Gasteiger partial charge >= 0.3 is 0 Å². The van der Waals surface area contributed by atoms with Gasteiger partial charge in [0.1, 0.15) is 0 Å². The van der Waals surface area contributed by atoms with Gasteiger partial charge in [-0.05, 0) is 48.4 Å². The Labute approximate surface area is 173 Å². The molecule has 4 unspecified atom stereocenters. The third-order valence-electron chi connectivity index (χ3n) is 6.16. The second-order valence-corrected chi connectivity index (χ2v) is 8.67. The van der Waals surface area contributed by atoms with Crippen LogP contribution in [0.5, 0.6) is 0 Å². The van der Waals surface area contributed by atoms with Gasteiger partial charge in [0.15, 0.2) is 5.96 Å². The SMILES string of the molecule is CN=C(NCCN1C(=O)C2C3C=CC(C3)C2C1=O)NCc1ccc(Br)cc1C. The molecule has 148 valence electrons. The highest BCUT2D eigenvalue weighted by atomic mass is 79.9. The van der Waals surface area contributed by atoms with Gasteiger partial charge in [0.2, 0.25) is 11.8 Å². The molecule has 1 aliphatic heterocycles. The first-order valence-electron chi connectivity index (χ1n) is 9.72. The highest BCUT2D eigenvalue weighted by molar-refractivity contribution is 9.10. The van der Waals surface area contributed by atoms with E-state index in [1.54, 1.807) is 7.05 Å². The Bertz CT molecular complexity index is 836. The molecule has 2 amide bonds. The number of nitrogens with one attached hydrogen (secondary N) is 2. The van der Waals surface area contributed by atoms with Crippen LogP contribution in [0.3, 0.4) is 0 Å². The van der Waals surface area contributed by atoms with Crippen molar-refractivity contribution >= 4 is 33.7 Å². The molecule has 0 aromatic heterocycles. The smallest absolute Gasteiger partial charge is 0.233 e. The zero-order valence-electron chi connectivity index (χ0n) is 16.1. The second kappa shape index (κ2) is 7.70. The molecule has 0 radical (unpaired) electrons. The van der Waals surface area contributed by atoms with E-state index in [9.17, 15) is 9.59 Å². The van der Waals surface area contributed by atoms with Crippen LogP contribution in [0.1, 0.15) is 17.5 Å². The van der Waals surface area contributed by atoms with E-state index in [1.807, 2.05) is 6.07 Å². The molecule has 4 rings (SSSR count). The Morgan fingerprint density at radius 1 is 1.18 bits per heavy atom. The van der Waals surface area contributed by atoms with Gasteiger partial charge in [0.25, 0.3) is 0 Å². The highest BCUT2D eigenvalue weighted by Gasteiger charge is 2.58. The van der Waals surface area contributed by atoms with Crippen LogP contribution in [0.2, 0.25) is 0 Å². The summed E-state index contributed by atoms with van der Waals surface area (Å²) in [6, 6.07) is 6.17. The topological polar surface area (TPSA) is 73.8 Å². The van der Waals surface area contributed by atoms with E-state index in [2.05, 4.69) is 62.8 Å². The Balaban J connectivity index is 1.28. The zero-order valence-corrected chi connectivity index (χ0v) is 17.7. The summed E-state index contributed by atoms with van der Waals surface area (Å²) >= 11 is 3.47. The molecule has 0 spiro atoms. The summed E-state index contributed by atoms with van der Waals surface area (Å²) in [6.07, 6.45) is 5.20. The van der Waals surface area contributed by atoms with Gasteiger partial charge in [0.05, 0.1) is 11.8 Å². The van der Waals surface area contributed by atoms with Crippen LogP contribution in [0.4, 0.5) is 0 Å². The number of hydrogen-bond donors (Lipinski definition) is 2. The van der Waals surface area contributed by atoms with Crippen molar-refractivity contribution in [1.82, 2.24) is 15.5 Å². The number of rotatable bonds is 5. The van der Waals surface area contributed by atoms with E-state index in [4.69, 9.17) is 0 Å². The summed E-state index contributed by atoms with van der Waals surface area (Å²) in [4.78, 5) is 31.1. The molecule has 4 atom stereocenters. The first kappa shape index (κ1) is 19.2. The molecule has 1 saturated carbocycles. The Morgan fingerprint density at radius 2 is 1.86 bits per heavy atom. The molecular formula is C21H25BrN4O2. The number of halogens is 1. The van der Waals surface area contributed by atoms with Crippen molar-refractivity contribution in [2.24, 2.45) is 28.7 Å². The normalized spacial score (nSPS) is 28.2. The molecule has 6 nitrogen and oxygen atoms in total. The number of allylic oxidation sites excluding steroid dienone is 2. The lowest BCUT2D eigenvalue weighted by molar-refractivity contribution is -0.140. The molecule has 1 heterocycles. The molecule has 1 aromatic carbocycles. The third kappa shape index (κ3) is 3.36. The molecule has 28 heavy (non-hydrogen) atoms. The van der Waals surface area contributed by atoms with Crippen LogP contribution >= 0.6 is 15.9 Å². The summed E-state index contributed by atoms with van der Waals surface area (Å²) < 4.78 is 1.06. The molecule has 2 bridgehead atoms. The summed E-state index contributed by atoms with van der Waals surface area (Å²) in [5, 5.41) is 6.49. The van der Waals surface area contributed by atoms with Crippen molar-refractivity contribution in [2.75, 3.05) is 20.1 Å². The van der Waals surface area contributed by atoms with Gasteiger partial charge < -0.3 is 10.6 Å². The van der Waals surface area contributed by atoms with Crippen LogP contribution in [-0.2, 0) is 16.1 Å². The zero-order chi connectivity index (χ0) is 19.8. The van der Waals surface area contributed by atoms with Crippen LogP contribution in [0.15, 0.2) is 39.8 Å². The van der Waals surface area contributed by atoms with Gasteiger partial charge in [0, 0.05) is 31.2 Å². The fourth-order valence-electron chi connectivity index (χ4n) is 4.73. The largest absolute Gasteiger partial charge is 0.355 e. The molecule has 1 saturated heterocycles. The van der Waals surface area contributed by atoms with Crippen molar-refractivity contribution < 1.29 is 9.59 Å². The lowest BCUT2D eigenvalue weighted by Gasteiger charge is -2.19. The van der Waals surface area contributed by atoms with Crippen LogP contribution in [0, 0.1) is 30.6 Å². The fourth-order valence-corrected chi connectivity index (χ4v) is 5.20. The number of carbonyl (C=O) groups is 2. The van der Waals surface area contributed by atoms with E-state index in [0.29, 0.717) is 25.6 Å². The van der Waals surface area contributed by atoms with Gasteiger partial charge in [-0.25, -0.2) is 0 Å². The van der Waals surface area contributed by atoms with E-state index < -0.39 is 0 Å². The summed E-state index contributed by atoms with van der Waals surface area (Å²) in [7, 11) is 1.71. The van der Waals surface area contributed by atoms with E-state index in [0.717, 1.165) is 10.9 Å². The predicted octanol–water partition coefficient (Wildman–Crippen LogP) is 2.23. The second-order valence-electron chi connectivity index (χ2n) is 7.75. The Morgan fingerprint density at radius 3 is 2.46 bits per heavy atom. The van der Waals surface area contributed by atoms with Crippen molar-refractivity contribution in [3.63, 3.8) is 0 Å². The van der Waals surface area contributed by atoms with Crippen LogP contribution < -0.4 is 10.6 Å². The number of guanidine groups is 1. The Hall–Kier alpha value is -2.15. The van der Waals surface area contributed by atoms with Crippen molar-refractivity contribution in [1.29, 1.82) is 0 Å². The minimum atomic E-state index is -0.125. The maximum atomic E-state index is 12.7. The molecule has 2 fully saturated rings. The first-order chi connectivity index (χ1) is 13.5. The molecule has 3 aliphatic rings. The summed E-state index contributed by atoms with van der Waals surface area (Å²) in [5.74, 6) is 0.925. The van der Waals surface area contributed by atoms with Crippen molar-refractivity contribution in [3.8, 4) is 0 Å². The number of carbonyl (C=O) groups excluding carboxylic acids is 2. The molecular weight excluding hydrogens is 420 g/mol. The van der Waals surface area contributed by atoms with Gasteiger partial charge in [-0.2, -0.15) is 0 Å². The van der Waals surface area contributed by atoms with E-state index in [-0.39, 0.29) is 35.5 Å². The number of hydrogen-bond acceptors (Lipinski definition) is 3. The number of benzene rings is 1. The molecule has 1 aromatic rings. The highest BCUT2D eigenvalue weighted by Crippen LogP contribution is 2.52. The fraction of sp³-hybridized carbons (Fsp3) is 0.476. The van der Waals surface area contributed by atoms with Gasteiger partial charge in [-0.1, -0.05) is 34.1 Å². The lowest BCUT2D eigenvalue weighted by Crippen LogP contribution is -2.43. The molecule has 2 aliphatic carbocycles. The number of imide groups is 1. The summed E-state index contributed by atoms with van der Waals surface area (Å²) in [6.45, 7) is 3.59. The quantitative estimate of drug-likeness (QED) is 0.316. The maximum absolute atomic E-state index is 12.7. The van der Waals surface area contributed by atoms with Crippen LogP contribution in [-0.4, -0.2) is 42.8 Å². The van der Waals surface area contributed by atoms with E-state index in [1.165, 1.54) is 16.0 Å². The monoisotopic (exact) mass is 444 g/mol. The number of aliphatic imine (C=N–C) groups is 1. The predicted molar refractivity (Wildman–Crippen MR) is 112 cm³/mol. The molecule has 2 N–H and O–H groups in total. The van der Waals surface area contributed by atoms with Crippen molar-refractivity contribution in [2.45, 2.75) is 19.9 Å². The first-order valence-corrected chi connectivity index (χ1v) is 10.5. The van der Waals surface area contributed by atoms with Crippen molar-refractivity contribution in [3.05, 3.63) is 46.0 Å². The van der Waals surface area contributed by atoms with Crippen LogP contribution in [0.25, 0.3) is 0 Å². The maximum Gasteiger partial charge on any atom is 0.233 e. The minimum Gasteiger partial charge on any atom is -0.355 e. The third-order valence-corrected chi connectivity index (χ3v) is 6.66. The summed E-state index contributed by atoms with van der Waals surface area (Å²) in [5.41, 5.74) is 2.38. The van der Waals surface area contributed by atoms with Gasteiger partial charge in [-0.3, -0.25) is 19.5 Å². The number of aryl methyl sites for hydroxylation is 1. The minimum absolute atomic E-state index is 0.00193. The number of amides is 2.